The molecule has 1 unspecified atom stereocenters. The summed E-state index contributed by atoms with van der Waals surface area (Å²) in [4.78, 5) is 0. The first-order chi connectivity index (χ1) is 10.2. The number of sulfonamides is 1. The van der Waals surface area contributed by atoms with E-state index in [9.17, 15) is 21.6 Å². The van der Waals surface area contributed by atoms with E-state index in [2.05, 4.69) is 0 Å². The third kappa shape index (κ3) is 4.44. The zero-order valence-corrected chi connectivity index (χ0v) is 13.0. The lowest BCUT2D eigenvalue weighted by atomic mass is 10.0. The SMILES string of the molecule is Cc1ccccc1C1CN(S(=O)(=O)CCC(F)(F)F)CCO1. The maximum Gasteiger partial charge on any atom is 0.390 e. The highest BCUT2D eigenvalue weighted by Crippen LogP contribution is 2.27. The Labute approximate surface area is 127 Å². The standard InChI is InChI=1S/C14H18F3NO3S/c1-11-4-2-3-5-12(11)13-10-18(7-8-21-13)22(19,20)9-6-14(15,16)17/h2-5,13H,6-10H2,1H3. The van der Waals surface area contributed by atoms with E-state index in [-0.39, 0.29) is 19.7 Å². The number of morpholine rings is 1. The van der Waals surface area contributed by atoms with Gasteiger partial charge in [0.1, 0.15) is 0 Å². The number of hydrogen-bond donors (Lipinski definition) is 0. The summed E-state index contributed by atoms with van der Waals surface area (Å²) in [5.41, 5.74) is 1.82. The van der Waals surface area contributed by atoms with Gasteiger partial charge in [-0.25, -0.2) is 8.42 Å². The van der Waals surface area contributed by atoms with Crippen molar-refractivity contribution in [1.82, 2.24) is 4.31 Å². The molecule has 1 fully saturated rings. The summed E-state index contributed by atoms with van der Waals surface area (Å²) < 4.78 is 67.5. The van der Waals surface area contributed by atoms with Crippen LogP contribution >= 0.6 is 0 Å². The summed E-state index contributed by atoms with van der Waals surface area (Å²) >= 11 is 0. The van der Waals surface area contributed by atoms with Crippen LogP contribution in [0.15, 0.2) is 24.3 Å². The molecule has 1 atom stereocenters. The number of alkyl halides is 3. The molecule has 0 aromatic heterocycles. The lowest BCUT2D eigenvalue weighted by Crippen LogP contribution is -2.43. The third-order valence-corrected chi connectivity index (χ3v) is 5.44. The van der Waals surface area contributed by atoms with Gasteiger partial charge in [-0.1, -0.05) is 24.3 Å². The second-order valence-corrected chi connectivity index (χ2v) is 7.34. The molecule has 0 bridgehead atoms. The van der Waals surface area contributed by atoms with Crippen molar-refractivity contribution in [1.29, 1.82) is 0 Å². The molecule has 1 heterocycles. The summed E-state index contributed by atoms with van der Waals surface area (Å²) in [6.07, 6.45) is -6.26. The maximum atomic E-state index is 12.2. The fraction of sp³-hybridized carbons (Fsp3) is 0.571. The number of nitrogens with zero attached hydrogens (tertiary/aromatic N) is 1. The fourth-order valence-corrected chi connectivity index (χ4v) is 3.85. The number of aryl methyl sites for hydroxylation is 1. The van der Waals surface area contributed by atoms with Crippen LogP contribution in [-0.4, -0.2) is 44.3 Å². The molecule has 8 heteroatoms. The van der Waals surface area contributed by atoms with Gasteiger partial charge in [-0.2, -0.15) is 17.5 Å². The molecule has 0 spiro atoms. The largest absolute Gasteiger partial charge is 0.390 e. The Bertz CT molecular complexity index is 616. The van der Waals surface area contributed by atoms with Gasteiger partial charge in [0, 0.05) is 13.1 Å². The quantitative estimate of drug-likeness (QED) is 0.849. The molecule has 0 aliphatic carbocycles. The molecular weight excluding hydrogens is 319 g/mol. The van der Waals surface area contributed by atoms with Gasteiger partial charge in [-0.15, -0.1) is 0 Å². The van der Waals surface area contributed by atoms with Crippen molar-refractivity contribution >= 4 is 10.0 Å². The minimum absolute atomic E-state index is 0.0467. The molecule has 2 rings (SSSR count). The van der Waals surface area contributed by atoms with Crippen molar-refractivity contribution in [2.75, 3.05) is 25.4 Å². The third-order valence-electron chi connectivity index (χ3n) is 3.60. The summed E-state index contributed by atoms with van der Waals surface area (Å²) in [5.74, 6) is -0.920. The van der Waals surface area contributed by atoms with Crippen molar-refractivity contribution in [3.05, 3.63) is 35.4 Å². The van der Waals surface area contributed by atoms with Gasteiger partial charge >= 0.3 is 6.18 Å². The minimum Gasteiger partial charge on any atom is -0.371 e. The van der Waals surface area contributed by atoms with Crippen LogP contribution in [0.3, 0.4) is 0 Å². The van der Waals surface area contributed by atoms with Crippen molar-refractivity contribution in [2.24, 2.45) is 0 Å². The normalized spacial score (nSPS) is 21.0. The van der Waals surface area contributed by atoms with Crippen LogP contribution in [-0.2, 0) is 14.8 Å². The first-order valence-electron chi connectivity index (χ1n) is 6.91. The second kappa shape index (κ2) is 6.55. The predicted octanol–water partition coefficient (Wildman–Crippen LogP) is 2.65. The van der Waals surface area contributed by atoms with E-state index in [1.807, 2.05) is 31.2 Å². The number of ether oxygens (including phenoxy) is 1. The number of benzene rings is 1. The van der Waals surface area contributed by atoms with E-state index >= 15 is 0 Å². The molecule has 1 saturated heterocycles. The smallest absolute Gasteiger partial charge is 0.371 e. The maximum absolute atomic E-state index is 12.2. The molecular formula is C14H18F3NO3S. The lowest BCUT2D eigenvalue weighted by molar-refractivity contribution is -0.130. The lowest BCUT2D eigenvalue weighted by Gasteiger charge is -2.33. The molecule has 4 nitrogen and oxygen atoms in total. The molecule has 0 amide bonds. The van der Waals surface area contributed by atoms with Crippen molar-refractivity contribution in [2.45, 2.75) is 25.6 Å². The van der Waals surface area contributed by atoms with Gasteiger partial charge in [0.05, 0.1) is 24.9 Å². The van der Waals surface area contributed by atoms with Gasteiger partial charge < -0.3 is 4.74 Å². The molecule has 0 N–H and O–H groups in total. The zero-order chi connectivity index (χ0) is 16.4. The monoisotopic (exact) mass is 337 g/mol. The summed E-state index contributed by atoms with van der Waals surface area (Å²) in [7, 11) is -3.94. The van der Waals surface area contributed by atoms with Gasteiger partial charge in [0.2, 0.25) is 10.0 Å². The van der Waals surface area contributed by atoms with Crippen LogP contribution in [0.1, 0.15) is 23.7 Å². The predicted molar refractivity (Wildman–Crippen MR) is 75.9 cm³/mol. The van der Waals surface area contributed by atoms with Gasteiger partial charge in [0.25, 0.3) is 0 Å². The number of rotatable bonds is 4. The van der Waals surface area contributed by atoms with Crippen LogP contribution in [0.25, 0.3) is 0 Å². The fourth-order valence-electron chi connectivity index (χ4n) is 2.39. The highest BCUT2D eigenvalue weighted by atomic mass is 32.2. The molecule has 0 saturated carbocycles. The van der Waals surface area contributed by atoms with Gasteiger partial charge in [0.15, 0.2) is 0 Å². The average Bonchev–Trinajstić information content (AvgIpc) is 2.45. The summed E-state index contributed by atoms with van der Waals surface area (Å²) in [5, 5.41) is 0. The first kappa shape index (κ1) is 17.2. The van der Waals surface area contributed by atoms with Crippen molar-refractivity contribution in [3.63, 3.8) is 0 Å². The van der Waals surface area contributed by atoms with E-state index in [0.29, 0.717) is 0 Å². The molecule has 124 valence electrons. The number of halogens is 3. The molecule has 1 aliphatic rings. The van der Waals surface area contributed by atoms with E-state index in [0.717, 1.165) is 15.4 Å². The van der Waals surface area contributed by atoms with Gasteiger partial charge in [-0.3, -0.25) is 0 Å². The summed E-state index contributed by atoms with van der Waals surface area (Å²) in [6.45, 7) is 2.19. The highest BCUT2D eigenvalue weighted by molar-refractivity contribution is 7.89. The molecule has 22 heavy (non-hydrogen) atoms. The van der Waals surface area contributed by atoms with E-state index < -0.39 is 34.5 Å². The van der Waals surface area contributed by atoms with Gasteiger partial charge in [-0.05, 0) is 18.1 Å². The molecule has 1 aromatic carbocycles. The summed E-state index contributed by atoms with van der Waals surface area (Å²) in [6, 6.07) is 7.41. The Morgan fingerprint density at radius 3 is 2.64 bits per heavy atom. The molecule has 1 aliphatic heterocycles. The minimum atomic E-state index is -4.48. The van der Waals surface area contributed by atoms with Crippen LogP contribution in [0.4, 0.5) is 13.2 Å². The molecule has 0 radical (unpaired) electrons. The van der Waals surface area contributed by atoms with Crippen molar-refractivity contribution < 1.29 is 26.3 Å². The van der Waals surface area contributed by atoms with E-state index in [1.54, 1.807) is 0 Å². The Hall–Kier alpha value is -1.12. The van der Waals surface area contributed by atoms with Crippen LogP contribution in [0.5, 0.6) is 0 Å². The Balaban J connectivity index is 2.09. The van der Waals surface area contributed by atoms with Crippen molar-refractivity contribution in [3.8, 4) is 0 Å². The Morgan fingerprint density at radius 2 is 2.00 bits per heavy atom. The second-order valence-electron chi connectivity index (χ2n) is 5.26. The Morgan fingerprint density at radius 1 is 1.32 bits per heavy atom. The van der Waals surface area contributed by atoms with E-state index in [1.165, 1.54) is 0 Å². The van der Waals surface area contributed by atoms with Crippen LogP contribution in [0, 0.1) is 6.92 Å². The highest BCUT2D eigenvalue weighted by Gasteiger charge is 2.35. The number of hydrogen-bond acceptors (Lipinski definition) is 3. The topological polar surface area (TPSA) is 46.6 Å². The Kier molecular flexibility index (Phi) is 5.14. The first-order valence-corrected chi connectivity index (χ1v) is 8.52. The van der Waals surface area contributed by atoms with Crippen LogP contribution in [0.2, 0.25) is 0 Å². The van der Waals surface area contributed by atoms with Crippen LogP contribution < -0.4 is 0 Å². The molecule has 1 aromatic rings. The van der Waals surface area contributed by atoms with E-state index in [4.69, 9.17) is 4.74 Å². The zero-order valence-electron chi connectivity index (χ0n) is 12.1. The average molecular weight is 337 g/mol.